The molecule has 0 spiro atoms. The molecule has 2 fully saturated rings. The molecule has 2 aliphatic heterocycles. The van der Waals surface area contributed by atoms with E-state index >= 15 is 0 Å². The molecule has 1 saturated heterocycles. The Labute approximate surface area is 163 Å². The summed E-state index contributed by atoms with van der Waals surface area (Å²) in [5.74, 6) is 0.855. The summed E-state index contributed by atoms with van der Waals surface area (Å²) < 4.78 is 29.4. The zero-order valence-corrected chi connectivity index (χ0v) is 17.6. The normalized spacial score (nSPS) is 26.8. The fourth-order valence-electron chi connectivity index (χ4n) is 4.38. The van der Waals surface area contributed by atoms with E-state index in [0.29, 0.717) is 43.6 Å². The third-order valence-corrected chi connectivity index (χ3v) is 7.94. The lowest BCUT2D eigenvalue weighted by atomic mass is 9.94. The highest BCUT2D eigenvalue weighted by molar-refractivity contribution is 9.10. The molecule has 1 aromatic rings. The lowest BCUT2D eigenvalue weighted by molar-refractivity contribution is -0.119. The van der Waals surface area contributed by atoms with E-state index in [0.717, 1.165) is 29.3 Å². The van der Waals surface area contributed by atoms with E-state index in [2.05, 4.69) is 29.8 Å². The molecular formula is C19H25BrN2O3S. The maximum absolute atomic E-state index is 13.5. The maximum Gasteiger partial charge on any atom is 0.245 e. The molecule has 142 valence electrons. The molecule has 0 bridgehead atoms. The summed E-state index contributed by atoms with van der Waals surface area (Å²) in [7, 11) is -3.64. The van der Waals surface area contributed by atoms with E-state index in [1.165, 1.54) is 0 Å². The molecule has 26 heavy (non-hydrogen) atoms. The van der Waals surface area contributed by atoms with Crippen LogP contribution >= 0.6 is 15.9 Å². The van der Waals surface area contributed by atoms with E-state index in [-0.39, 0.29) is 16.7 Å². The van der Waals surface area contributed by atoms with Gasteiger partial charge in [0, 0.05) is 30.0 Å². The number of hydrogen-bond acceptors (Lipinski definition) is 3. The Balaban J connectivity index is 1.77. The molecule has 2 atom stereocenters. The molecule has 1 aliphatic carbocycles. The van der Waals surface area contributed by atoms with E-state index in [1.807, 2.05) is 6.07 Å². The molecule has 0 N–H and O–H groups in total. The third kappa shape index (κ3) is 3.22. The van der Waals surface area contributed by atoms with Crippen molar-refractivity contribution in [3.63, 3.8) is 0 Å². The maximum atomic E-state index is 13.5. The monoisotopic (exact) mass is 440 g/mol. The Morgan fingerprint density at radius 2 is 1.81 bits per heavy atom. The largest absolute Gasteiger partial charge is 0.310 e. The molecule has 0 radical (unpaired) electrons. The van der Waals surface area contributed by atoms with Gasteiger partial charge in [-0.05, 0) is 55.2 Å². The van der Waals surface area contributed by atoms with Crippen molar-refractivity contribution in [1.82, 2.24) is 4.31 Å². The van der Waals surface area contributed by atoms with Crippen molar-refractivity contribution in [3.8, 4) is 0 Å². The Hall–Kier alpha value is -0.920. The van der Waals surface area contributed by atoms with Crippen molar-refractivity contribution in [2.24, 2.45) is 17.8 Å². The zero-order chi connectivity index (χ0) is 18.6. The summed E-state index contributed by atoms with van der Waals surface area (Å²) in [6, 6.07) is 3.63. The average molecular weight is 441 g/mol. The number of piperidine rings is 1. The van der Waals surface area contributed by atoms with Gasteiger partial charge in [-0.15, -0.1) is 0 Å². The van der Waals surface area contributed by atoms with Crippen LogP contribution in [0.4, 0.5) is 5.69 Å². The van der Waals surface area contributed by atoms with Crippen LogP contribution in [0.5, 0.6) is 0 Å². The fourth-order valence-corrected chi connectivity index (χ4v) is 6.98. The number of carbonyl (C=O) groups is 1. The van der Waals surface area contributed by atoms with E-state index < -0.39 is 10.0 Å². The van der Waals surface area contributed by atoms with Crippen molar-refractivity contribution < 1.29 is 13.2 Å². The standard InChI is InChI=1S/C19H25BrN2O3S/c1-12-7-13(2)11-21(10-12)26(24,25)17-9-16(20)8-15-5-6-22(18(15)17)19(23)14-3-4-14/h8-9,12-14H,3-7,10-11H2,1-2H3/t12-,13-/m0/s1. The van der Waals surface area contributed by atoms with Gasteiger partial charge in [0.25, 0.3) is 0 Å². The lowest BCUT2D eigenvalue weighted by Gasteiger charge is -2.35. The first kappa shape index (κ1) is 18.4. The fraction of sp³-hybridized carbons (Fsp3) is 0.632. The summed E-state index contributed by atoms with van der Waals surface area (Å²) in [5.41, 5.74) is 1.57. The van der Waals surface area contributed by atoms with E-state index in [9.17, 15) is 13.2 Å². The second kappa shape index (κ2) is 6.60. The van der Waals surface area contributed by atoms with Gasteiger partial charge in [0.2, 0.25) is 15.9 Å². The Morgan fingerprint density at radius 1 is 1.15 bits per heavy atom. The number of hydrogen-bond donors (Lipinski definition) is 0. The van der Waals surface area contributed by atoms with E-state index in [4.69, 9.17) is 0 Å². The number of sulfonamides is 1. The van der Waals surface area contributed by atoms with Gasteiger partial charge in [-0.25, -0.2) is 8.42 Å². The summed E-state index contributed by atoms with van der Waals surface area (Å²) >= 11 is 3.47. The summed E-state index contributed by atoms with van der Waals surface area (Å²) in [5, 5.41) is 0. The summed E-state index contributed by atoms with van der Waals surface area (Å²) in [6.07, 6.45) is 3.60. The Bertz CT molecular complexity index is 841. The summed E-state index contributed by atoms with van der Waals surface area (Å²) in [4.78, 5) is 14.7. The van der Waals surface area contributed by atoms with Gasteiger partial charge in [-0.2, -0.15) is 4.31 Å². The van der Waals surface area contributed by atoms with Gasteiger partial charge in [0.15, 0.2) is 0 Å². The smallest absolute Gasteiger partial charge is 0.245 e. The lowest BCUT2D eigenvalue weighted by Crippen LogP contribution is -2.43. The van der Waals surface area contributed by atoms with Gasteiger partial charge in [-0.1, -0.05) is 29.8 Å². The number of benzene rings is 1. The van der Waals surface area contributed by atoms with Crippen LogP contribution in [-0.4, -0.2) is 38.3 Å². The minimum absolute atomic E-state index is 0.0789. The first-order chi connectivity index (χ1) is 12.3. The van der Waals surface area contributed by atoms with Crippen LogP contribution in [0.3, 0.4) is 0 Å². The molecule has 3 aliphatic rings. The average Bonchev–Trinajstić information content (AvgIpc) is 3.32. The first-order valence-electron chi connectivity index (χ1n) is 9.41. The predicted octanol–water partition coefficient (Wildman–Crippen LogP) is 3.41. The highest BCUT2D eigenvalue weighted by atomic mass is 79.9. The number of carbonyl (C=O) groups excluding carboxylic acids is 1. The second-order valence-corrected chi connectivity index (χ2v) is 11.0. The minimum atomic E-state index is -3.64. The molecule has 4 rings (SSSR count). The number of amides is 1. The minimum Gasteiger partial charge on any atom is -0.310 e. The molecule has 7 heteroatoms. The predicted molar refractivity (Wildman–Crippen MR) is 105 cm³/mol. The number of fused-ring (bicyclic) bond motifs is 1. The molecule has 1 amide bonds. The van der Waals surface area contributed by atoms with Gasteiger partial charge >= 0.3 is 0 Å². The van der Waals surface area contributed by atoms with Crippen LogP contribution in [-0.2, 0) is 21.2 Å². The molecule has 1 saturated carbocycles. The zero-order valence-electron chi connectivity index (χ0n) is 15.2. The van der Waals surface area contributed by atoms with Crippen LogP contribution in [0.1, 0.15) is 38.7 Å². The van der Waals surface area contributed by atoms with Crippen molar-refractivity contribution in [2.45, 2.75) is 44.4 Å². The van der Waals surface area contributed by atoms with Crippen molar-refractivity contribution in [2.75, 3.05) is 24.5 Å². The highest BCUT2D eigenvalue weighted by Gasteiger charge is 2.41. The topological polar surface area (TPSA) is 57.7 Å². The van der Waals surface area contributed by atoms with Crippen LogP contribution in [0.25, 0.3) is 0 Å². The van der Waals surface area contributed by atoms with Crippen LogP contribution in [0, 0.1) is 17.8 Å². The number of halogens is 1. The van der Waals surface area contributed by atoms with Crippen LogP contribution in [0.2, 0.25) is 0 Å². The van der Waals surface area contributed by atoms with Gasteiger partial charge in [0.1, 0.15) is 4.90 Å². The highest BCUT2D eigenvalue weighted by Crippen LogP contribution is 2.42. The van der Waals surface area contributed by atoms with Crippen LogP contribution in [0.15, 0.2) is 21.5 Å². The van der Waals surface area contributed by atoms with Gasteiger partial charge in [-0.3, -0.25) is 4.79 Å². The Morgan fingerprint density at radius 3 is 2.42 bits per heavy atom. The summed E-state index contributed by atoms with van der Waals surface area (Å²) in [6.45, 7) is 5.88. The third-order valence-electron chi connectivity index (χ3n) is 5.64. The van der Waals surface area contributed by atoms with Gasteiger partial charge < -0.3 is 4.90 Å². The van der Waals surface area contributed by atoms with Crippen molar-refractivity contribution in [3.05, 3.63) is 22.2 Å². The molecule has 1 aromatic carbocycles. The molecule has 0 unspecified atom stereocenters. The van der Waals surface area contributed by atoms with Crippen molar-refractivity contribution >= 4 is 37.5 Å². The first-order valence-corrected chi connectivity index (χ1v) is 11.6. The molecule has 5 nitrogen and oxygen atoms in total. The Kier molecular flexibility index (Phi) is 4.68. The van der Waals surface area contributed by atoms with Crippen molar-refractivity contribution in [1.29, 1.82) is 0 Å². The molecule has 2 heterocycles. The van der Waals surface area contributed by atoms with Crippen LogP contribution < -0.4 is 4.90 Å². The SMILES string of the molecule is C[C@H]1C[C@H](C)CN(S(=O)(=O)c2cc(Br)cc3c2N(C(=O)C2CC2)CC3)C1. The van der Waals surface area contributed by atoms with E-state index in [1.54, 1.807) is 15.3 Å². The quantitative estimate of drug-likeness (QED) is 0.723. The number of rotatable bonds is 3. The molecular weight excluding hydrogens is 416 g/mol. The number of nitrogens with zero attached hydrogens (tertiary/aromatic N) is 2. The number of anilines is 1. The van der Waals surface area contributed by atoms with Gasteiger partial charge in [0.05, 0.1) is 5.69 Å². The second-order valence-electron chi connectivity index (χ2n) is 8.19. The molecule has 0 aromatic heterocycles.